The summed E-state index contributed by atoms with van der Waals surface area (Å²) in [6.07, 6.45) is 0. The van der Waals surface area contributed by atoms with Crippen LogP contribution in [0.15, 0.2) is 247 Å². The molecule has 3 aromatic heterocycles. The number of fused-ring (bicyclic) bond motifs is 6. The molecular formula is C63H40N4O. The average molecular weight is 869 g/mol. The molecule has 5 heteroatoms. The molecule has 318 valence electrons. The van der Waals surface area contributed by atoms with Crippen molar-refractivity contribution in [1.82, 2.24) is 19.5 Å². The van der Waals surface area contributed by atoms with Crippen molar-refractivity contribution in [2.75, 3.05) is 0 Å². The van der Waals surface area contributed by atoms with Gasteiger partial charge in [0.2, 0.25) is 5.95 Å². The topological polar surface area (TPSA) is 56.7 Å². The van der Waals surface area contributed by atoms with E-state index in [1.54, 1.807) is 0 Å². The molecule has 13 aromatic rings. The summed E-state index contributed by atoms with van der Waals surface area (Å²) in [4.78, 5) is 15.7. The molecule has 0 radical (unpaired) electrons. The second-order valence-corrected chi connectivity index (χ2v) is 17.1. The van der Waals surface area contributed by atoms with E-state index in [-0.39, 0.29) is 0 Å². The molecule has 0 amide bonds. The molecule has 0 saturated carbocycles. The van der Waals surface area contributed by atoms with Crippen molar-refractivity contribution in [2.24, 2.45) is 0 Å². The van der Waals surface area contributed by atoms with E-state index in [0.717, 1.165) is 111 Å². The van der Waals surface area contributed by atoms with E-state index in [2.05, 4.69) is 223 Å². The van der Waals surface area contributed by atoms with E-state index < -0.39 is 0 Å². The Morgan fingerprint density at radius 1 is 0.279 bits per heavy atom. The highest BCUT2D eigenvalue weighted by atomic mass is 16.3. The molecule has 0 aliphatic heterocycles. The Morgan fingerprint density at radius 2 is 0.721 bits per heavy atom. The summed E-state index contributed by atoms with van der Waals surface area (Å²) in [7, 11) is 0. The van der Waals surface area contributed by atoms with Gasteiger partial charge in [-0.1, -0.05) is 218 Å². The summed E-state index contributed by atoms with van der Waals surface area (Å²) in [6, 6.07) is 85.2. The number of hydrogen-bond donors (Lipinski definition) is 0. The van der Waals surface area contributed by atoms with Crippen molar-refractivity contribution in [2.45, 2.75) is 0 Å². The lowest BCUT2D eigenvalue weighted by atomic mass is 9.88. The van der Waals surface area contributed by atoms with Gasteiger partial charge in [0.1, 0.15) is 11.2 Å². The summed E-state index contributed by atoms with van der Waals surface area (Å²) in [6.45, 7) is 0. The number of furan rings is 1. The van der Waals surface area contributed by atoms with Crippen LogP contribution in [0.1, 0.15) is 0 Å². The Bertz CT molecular complexity index is 3900. The van der Waals surface area contributed by atoms with Gasteiger partial charge in [-0.05, 0) is 74.3 Å². The Labute approximate surface area is 392 Å². The zero-order chi connectivity index (χ0) is 45.0. The predicted octanol–water partition coefficient (Wildman–Crippen LogP) is 16.5. The van der Waals surface area contributed by atoms with Crippen molar-refractivity contribution in [1.29, 1.82) is 0 Å². The van der Waals surface area contributed by atoms with Gasteiger partial charge in [-0.25, -0.2) is 4.98 Å². The van der Waals surface area contributed by atoms with Gasteiger partial charge < -0.3 is 4.42 Å². The molecule has 0 unspecified atom stereocenters. The number of benzene rings is 10. The molecule has 3 heterocycles. The standard InChI is InChI=1S/C63H40N4O/c1-3-16-41(17-4-1)43-30-34-45(35-31-43)61-64-62(46-36-32-44(33-37-46)42-18-5-2-6-19-42)66-63(65-61)67-57-28-13-11-24-52(57)56-40-47(38-39-58(56)67)48-20-7-8-21-49(48)50-22-9-10-23-51(50)54-26-15-27-55-53-25-12-14-29-59(53)68-60(54)55/h1-40H. The first-order valence-corrected chi connectivity index (χ1v) is 22.9. The van der Waals surface area contributed by atoms with Crippen LogP contribution in [0.5, 0.6) is 0 Å². The highest BCUT2D eigenvalue weighted by Gasteiger charge is 2.21. The van der Waals surface area contributed by atoms with Crippen LogP contribution in [0.4, 0.5) is 0 Å². The molecular weight excluding hydrogens is 829 g/mol. The fourth-order valence-corrected chi connectivity index (χ4v) is 9.85. The monoisotopic (exact) mass is 868 g/mol. The molecule has 0 fully saturated rings. The van der Waals surface area contributed by atoms with Gasteiger partial charge in [-0.15, -0.1) is 0 Å². The van der Waals surface area contributed by atoms with Crippen LogP contribution in [0.2, 0.25) is 0 Å². The normalized spacial score (nSPS) is 11.5. The number of nitrogens with zero attached hydrogens (tertiary/aromatic N) is 4. The molecule has 10 aromatic carbocycles. The fraction of sp³-hybridized carbons (Fsp3) is 0. The first-order valence-electron chi connectivity index (χ1n) is 22.9. The molecule has 0 aliphatic carbocycles. The fourth-order valence-electron chi connectivity index (χ4n) is 9.85. The summed E-state index contributed by atoms with van der Waals surface area (Å²) in [5.41, 5.74) is 16.9. The zero-order valence-electron chi connectivity index (χ0n) is 36.8. The van der Waals surface area contributed by atoms with Crippen LogP contribution in [-0.4, -0.2) is 19.5 Å². The quantitative estimate of drug-likeness (QED) is 0.153. The van der Waals surface area contributed by atoms with E-state index in [1.165, 1.54) is 0 Å². The van der Waals surface area contributed by atoms with Crippen LogP contribution in [0.3, 0.4) is 0 Å². The SMILES string of the molecule is c1ccc(-c2ccc(-c3nc(-c4ccc(-c5ccccc5)cc4)nc(-n4c5ccccc5c5cc(-c6ccccc6-c6ccccc6-c6cccc7c6oc6ccccc67)ccc54)n3)cc2)cc1. The maximum absolute atomic E-state index is 6.56. The molecule has 0 atom stereocenters. The largest absolute Gasteiger partial charge is 0.455 e. The van der Waals surface area contributed by atoms with Crippen molar-refractivity contribution in [3.05, 3.63) is 243 Å². The van der Waals surface area contributed by atoms with Gasteiger partial charge in [0.05, 0.1) is 11.0 Å². The second-order valence-electron chi connectivity index (χ2n) is 17.1. The number of rotatable bonds is 8. The smallest absolute Gasteiger partial charge is 0.238 e. The molecule has 5 nitrogen and oxygen atoms in total. The Hall–Kier alpha value is -9.19. The molecule has 0 N–H and O–H groups in total. The van der Waals surface area contributed by atoms with Crippen LogP contribution in [0.25, 0.3) is 128 Å². The third-order valence-electron chi connectivity index (χ3n) is 13.1. The maximum Gasteiger partial charge on any atom is 0.238 e. The lowest BCUT2D eigenvalue weighted by Gasteiger charge is -2.15. The van der Waals surface area contributed by atoms with E-state index in [4.69, 9.17) is 19.4 Å². The molecule has 0 bridgehead atoms. The van der Waals surface area contributed by atoms with Gasteiger partial charge in [0.15, 0.2) is 11.6 Å². The first kappa shape index (κ1) is 39.2. The Kier molecular flexibility index (Phi) is 9.43. The Balaban J connectivity index is 0.956. The van der Waals surface area contributed by atoms with Gasteiger partial charge >= 0.3 is 0 Å². The summed E-state index contributed by atoms with van der Waals surface area (Å²) in [5.74, 6) is 1.76. The number of aromatic nitrogens is 4. The van der Waals surface area contributed by atoms with Crippen LogP contribution < -0.4 is 0 Å². The van der Waals surface area contributed by atoms with Crippen LogP contribution in [0, 0.1) is 0 Å². The highest BCUT2D eigenvalue weighted by Crippen LogP contribution is 2.44. The third-order valence-corrected chi connectivity index (χ3v) is 13.1. The lowest BCUT2D eigenvalue weighted by molar-refractivity contribution is 0.670. The predicted molar refractivity (Wildman–Crippen MR) is 279 cm³/mol. The third kappa shape index (κ3) is 6.76. The van der Waals surface area contributed by atoms with Crippen LogP contribution in [-0.2, 0) is 0 Å². The molecule has 0 saturated heterocycles. The molecule has 68 heavy (non-hydrogen) atoms. The van der Waals surface area contributed by atoms with Gasteiger partial charge in [0, 0.05) is 38.2 Å². The van der Waals surface area contributed by atoms with Gasteiger partial charge in [-0.2, -0.15) is 9.97 Å². The van der Waals surface area contributed by atoms with Crippen molar-refractivity contribution >= 4 is 43.7 Å². The maximum atomic E-state index is 6.56. The molecule has 0 spiro atoms. The average Bonchev–Trinajstić information content (AvgIpc) is 3.97. The molecule has 0 aliphatic rings. The van der Waals surface area contributed by atoms with E-state index in [0.29, 0.717) is 17.6 Å². The summed E-state index contributed by atoms with van der Waals surface area (Å²) < 4.78 is 8.75. The lowest BCUT2D eigenvalue weighted by Crippen LogP contribution is -2.06. The van der Waals surface area contributed by atoms with Crippen molar-refractivity contribution < 1.29 is 4.42 Å². The summed E-state index contributed by atoms with van der Waals surface area (Å²) >= 11 is 0. The van der Waals surface area contributed by atoms with Crippen LogP contribution >= 0.6 is 0 Å². The highest BCUT2D eigenvalue weighted by molar-refractivity contribution is 6.12. The van der Waals surface area contributed by atoms with E-state index in [9.17, 15) is 0 Å². The minimum Gasteiger partial charge on any atom is -0.455 e. The van der Waals surface area contributed by atoms with Gasteiger partial charge in [-0.3, -0.25) is 4.57 Å². The minimum absolute atomic E-state index is 0.553. The second kappa shape index (κ2) is 16.4. The zero-order valence-corrected chi connectivity index (χ0v) is 36.8. The Morgan fingerprint density at radius 3 is 1.37 bits per heavy atom. The molecule has 13 rings (SSSR count). The first-order chi connectivity index (χ1) is 33.7. The van der Waals surface area contributed by atoms with Crippen molar-refractivity contribution in [3.8, 4) is 84.4 Å². The van der Waals surface area contributed by atoms with Crippen molar-refractivity contribution in [3.63, 3.8) is 0 Å². The summed E-state index contributed by atoms with van der Waals surface area (Å²) in [5, 5.41) is 4.45. The number of hydrogen-bond acceptors (Lipinski definition) is 4. The minimum atomic E-state index is 0.553. The number of para-hydroxylation sites is 3. The van der Waals surface area contributed by atoms with E-state index in [1.807, 2.05) is 24.3 Å². The van der Waals surface area contributed by atoms with Gasteiger partial charge in [0.25, 0.3) is 0 Å². The van der Waals surface area contributed by atoms with E-state index >= 15 is 0 Å².